The van der Waals surface area contributed by atoms with Gasteiger partial charge in [0.25, 0.3) is 0 Å². The highest BCUT2D eigenvalue weighted by Gasteiger charge is 2.36. The van der Waals surface area contributed by atoms with Gasteiger partial charge in [0.2, 0.25) is 5.91 Å². The summed E-state index contributed by atoms with van der Waals surface area (Å²) in [4.78, 5) is 32.1. The first-order valence-electron chi connectivity index (χ1n) is 11.4. The predicted molar refractivity (Wildman–Crippen MR) is 137 cm³/mol. The standard InChI is InChI=1S/C27H30N4O3.2H2/c1-18-7-11-22(12-8-18)29-27(33)30-24-16-26(32)31(25-6-4-5-19(2)28-25)17-21(24)15-20-9-13-23(34-3)14-10-20;;/h4-14,21,24H,15-17H2,1-3H3,(H2,29,30,33);2*1H. The molecule has 1 saturated heterocycles. The number of hydrogen-bond acceptors (Lipinski definition) is 4. The number of hydrogen-bond donors (Lipinski definition) is 2. The summed E-state index contributed by atoms with van der Waals surface area (Å²) in [6.07, 6.45) is 0.910. The maximum atomic E-state index is 13.1. The summed E-state index contributed by atoms with van der Waals surface area (Å²) in [7, 11) is 1.64. The summed E-state index contributed by atoms with van der Waals surface area (Å²) >= 11 is 0. The fourth-order valence-corrected chi connectivity index (χ4v) is 4.24. The van der Waals surface area contributed by atoms with Crippen molar-refractivity contribution in [2.75, 3.05) is 23.9 Å². The van der Waals surface area contributed by atoms with Gasteiger partial charge < -0.3 is 15.4 Å². The Hall–Kier alpha value is -3.87. The van der Waals surface area contributed by atoms with Crippen LogP contribution in [0.15, 0.2) is 66.7 Å². The number of carbonyl (C=O) groups excluding carboxylic acids is 2. The number of piperidine rings is 1. The molecule has 2 unspecified atom stereocenters. The van der Waals surface area contributed by atoms with Crippen LogP contribution in [0.25, 0.3) is 0 Å². The van der Waals surface area contributed by atoms with Gasteiger partial charge in [-0.25, -0.2) is 9.78 Å². The van der Waals surface area contributed by atoms with E-state index in [1.54, 1.807) is 12.0 Å². The second-order valence-electron chi connectivity index (χ2n) is 8.73. The Labute approximate surface area is 203 Å². The van der Waals surface area contributed by atoms with Crippen LogP contribution in [0.2, 0.25) is 0 Å². The lowest BCUT2D eigenvalue weighted by Crippen LogP contribution is -2.55. The molecule has 2 atom stereocenters. The van der Waals surface area contributed by atoms with Crippen molar-refractivity contribution in [3.63, 3.8) is 0 Å². The molecule has 2 heterocycles. The van der Waals surface area contributed by atoms with Crippen LogP contribution < -0.4 is 20.3 Å². The first kappa shape index (κ1) is 23.3. The number of nitrogens with zero attached hydrogens (tertiary/aromatic N) is 2. The Kier molecular flexibility index (Phi) is 7.11. The summed E-state index contributed by atoms with van der Waals surface area (Å²) in [6, 6.07) is 20.6. The van der Waals surface area contributed by atoms with Gasteiger partial charge in [0.1, 0.15) is 11.6 Å². The van der Waals surface area contributed by atoms with E-state index >= 15 is 0 Å². The zero-order valence-electron chi connectivity index (χ0n) is 19.7. The highest BCUT2D eigenvalue weighted by molar-refractivity contribution is 5.95. The van der Waals surface area contributed by atoms with E-state index in [1.165, 1.54) is 0 Å². The van der Waals surface area contributed by atoms with Crippen LogP contribution in [0.3, 0.4) is 0 Å². The maximum absolute atomic E-state index is 13.1. The van der Waals surface area contributed by atoms with Crippen LogP contribution in [-0.4, -0.2) is 36.6 Å². The van der Waals surface area contributed by atoms with Crippen LogP contribution in [0, 0.1) is 19.8 Å². The fourth-order valence-electron chi connectivity index (χ4n) is 4.24. The molecule has 1 aromatic heterocycles. The van der Waals surface area contributed by atoms with Crippen molar-refractivity contribution in [3.8, 4) is 5.75 Å². The van der Waals surface area contributed by atoms with E-state index in [4.69, 9.17) is 4.74 Å². The number of aromatic nitrogens is 1. The van der Waals surface area contributed by atoms with Gasteiger partial charge in [-0.3, -0.25) is 9.69 Å². The number of nitrogens with one attached hydrogen (secondary N) is 2. The Morgan fingerprint density at radius 2 is 1.82 bits per heavy atom. The predicted octanol–water partition coefficient (Wildman–Crippen LogP) is 4.98. The maximum Gasteiger partial charge on any atom is 0.319 e. The second-order valence-corrected chi connectivity index (χ2v) is 8.73. The van der Waals surface area contributed by atoms with Crippen LogP contribution in [0.5, 0.6) is 5.75 Å². The van der Waals surface area contributed by atoms with E-state index in [0.29, 0.717) is 24.5 Å². The number of anilines is 2. The fraction of sp³-hybridized carbons (Fsp3) is 0.296. The molecule has 7 heteroatoms. The Balaban J connectivity index is 0.00000228. The second kappa shape index (κ2) is 10.4. The van der Waals surface area contributed by atoms with Crippen molar-refractivity contribution in [2.45, 2.75) is 32.7 Å². The molecule has 3 amide bonds. The summed E-state index contributed by atoms with van der Waals surface area (Å²) in [5.41, 5.74) is 3.80. The molecule has 1 aliphatic heterocycles. The third-order valence-electron chi connectivity index (χ3n) is 6.11. The van der Waals surface area contributed by atoms with Gasteiger partial charge in [0, 0.05) is 39.2 Å². The van der Waals surface area contributed by atoms with Crippen LogP contribution >= 0.6 is 0 Å². The van der Waals surface area contributed by atoms with Crippen molar-refractivity contribution in [1.82, 2.24) is 10.3 Å². The minimum atomic E-state index is -0.316. The largest absolute Gasteiger partial charge is 0.497 e. The normalized spacial score (nSPS) is 17.9. The van der Waals surface area contributed by atoms with Crippen molar-refractivity contribution in [1.29, 1.82) is 0 Å². The van der Waals surface area contributed by atoms with Crippen molar-refractivity contribution in [2.24, 2.45) is 5.92 Å². The number of amides is 3. The van der Waals surface area contributed by atoms with E-state index in [9.17, 15) is 9.59 Å². The molecule has 2 N–H and O–H groups in total. The first-order chi connectivity index (χ1) is 16.4. The van der Waals surface area contributed by atoms with Gasteiger partial charge >= 0.3 is 6.03 Å². The third-order valence-corrected chi connectivity index (χ3v) is 6.11. The molecule has 7 nitrogen and oxygen atoms in total. The number of pyridine rings is 1. The van der Waals surface area contributed by atoms with E-state index in [-0.39, 0.29) is 33.2 Å². The number of ether oxygens (including phenoxy) is 1. The quantitative estimate of drug-likeness (QED) is 0.541. The molecule has 4 rings (SSSR count). The van der Waals surface area contributed by atoms with E-state index < -0.39 is 0 Å². The van der Waals surface area contributed by atoms with Gasteiger partial charge in [0.15, 0.2) is 0 Å². The third kappa shape index (κ3) is 5.73. The lowest BCUT2D eigenvalue weighted by Gasteiger charge is -2.38. The average molecular weight is 463 g/mol. The Bertz CT molecular complexity index is 1160. The molecule has 1 aliphatic rings. The molecule has 0 radical (unpaired) electrons. The number of benzene rings is 2. The highest BCUT2D eigenvalue weighted by Crippen LogP contribution is 2.27. The minimum Gasteiger partial charge on any atom is -0.497 e. The summed E-state index contributed by atoms with van der Waals surface area (Å²) in [5.74, 6) is 1.40. The smallest absolute Gasteiger partial charge is 0.319 e. The van der Waals surface area contributed by atoms with E-state index in [0.717, 1.165) is 22.6 Å². The number of carbonyl (C=O) groups is 2. The van der Waals surface area contributed by atoms with Gasteiger partial charge in [-0.1, -0.05) is 35.9 Å². The number of urea groups is 1. The molecule has 0 saturated carbocycles. The first-order valence-corrected chi connectivity index (χ1v) is 11.4. The molecule has 2 aromatic carbocycles. The van der Waals surface area contributed by atoms with E-state index in [1.807, 2.05) is 80.6 Å². The SMILES string of the molecule is COc1ccc(CC2CN(c3cccc(C)n3)C(=O)CC2NC(=O)Nc2ccc(C)cc2)cc1.[HH].[HH]. The number of methoxy groups -OCH3 is 1. The van der Waals surface area contributed by atoms with Crippen LogP contribution in [-0.2, 0) is 11.2 Å². The summed E-state index contributed by atoms with van der Waals surface area (Å²) in [5, 5.41) is 5.92. The molecular weight excluding hydrogens is 428 g/mol. The number of rotatable bonds is 6. The lowest BCUT2D eigenvalue weighted by molar-refractivity contribution is -0.120. The Morgan fingerprint density at radius 3 is 2.50 bits per heavy atom. The average Bonchev–Trinajstić information content (AvgIpc) is 2.82. The Morgan fingerprint density at radius 1 is 1.09 bits per heavy atom. The van der Waals surface area contributed by atoms with E-state index in [2.05, 4.69) is 15.6 Å². The molecule has 0 aliphatic carbocycles. The molecule has 3 aromatic rings. The zero-order valence-corrected chi connectivity index (χ0v) is 19.7. The highest BCUT2D eigenvalue weighted by atomic mass is 16.5. The van der Waals surface area contributed by atoms with Crippen molar-refractivity contribution in [3.05, 3.63) is 83.6 Å². The lowest BCUT2D eigenvalue weighted by atomic mass is 9.86. The molecule has 34 heavy (non-hydrogen) atoms. The van der Waals surface area contributed by atoms with Gasteiger partial charge in [-0.05, 0) is 62.2 Å². The van der Waals surface area contributed by atoms with Gasteiger partial charge in [-0.2, -0.15) is 0 Å². The van der Waals surface area contributed by atoms with Gasteiger partial charge in [-0.15, -0.1) is 0 Å². The number of aryl methyl sites for hydroxylation is 2. The van der Waals surface area contributed by atoms with Crippen LogP contribution in [0.1, 0.15) is 26.1 Å². The molecule has 0 spiro atoms. The topological polar surface area (TPSA) is 83.6 Å². The summed E-state index contributed by atoms with van der Waals surface area (Å²) in [6.45, 7) is 4.37. The molecule has 180 valence electrons. The molecular formula is C27H34N4O3. The van der Waals surface area contributed by atoms with Crippen molar-refractivity contribution < 1.29 is 17.2 Å². The summed E-state index contributed by atoms with van der Waals surface area (Å²) < 4.78 is 5.27. The molecule has 0 bridgehead atoms. The minimum absolute atomic E-state index is 0. The van der Waals surface area contributed by atoms with Crippen molar-refractivity contribution >= 4 is 23.4 Å². The van der Waals surface area contributed by atoms with Crippen LogP contribution in [0.4, 0.5) is 16.3 Å². The zero-order chi connectivity index (χ0) is 24.1. The van der Waals surface area contributed by atoms with Gasteiger partial charge in [0.05, 0.1) is 7.11 Å². The molecule has 1 fully saturated rings. The monoisotopic (exact) mass is 462 g/mol.